The van der Waals surface area contributed by atoms with Gasteiger partial charge in [0.15, 0.2) is 0 Å². The molecule has 0 spiro atoms. The number of hydrogen-bond donors (Lipinski definition) is 2. The number of aliphatic hydroxyl groups is 1. The fourth-order valence-corrected chi connectivity index (χ4v) is 2.65. The molecular formula is C15H21FN2O2. The standard InChI is InChI=1S/C15H21FN2O2/c1-10-5-6-12(8-13(10)16)17-15(20)18-7-3-4-11(2)14(18)9-19/h5-6,8,11,14,19H,3-4,7,9H2,1-2H3,(H,17,20). The molecule has 0 aliphatic carbocycles. The number of carbonyl (C=O) groups is 1. The van der Waals surface area contributed by atoms with Crippen LogP contribution >= 0.6 is 0 Å². The minimum absolute atomic E-state index is 0.0448. The van der Waals surface area contributed by atoms with Gasteiger partial charge in [0.25, 0.3) is 0 Å². The number of rotatable bonds is 2. The largest absolute Gasteiger partial charge is 0.394 e. The summed E-state index contributed by atoms with van der Waals surface area (Å²) in [6.07, 6.45) is 1.93. The van der Waals surface area contributed by atoms with Gasteiger partial charge >= 0.3 is 6.03 Å². The molecule has 0 bridgehead atoms. The summed E-state index contributed by atoms with van der Waals surface area (Å²) in [5.74, 6) is -0.0669. The SMILES string of the molecule is Cc1ccc(NC(=O)N2CCCC(C)C2CO)cc1F. The van der Waals surface area contributed by atoms with Crippen molar-refractivity contribution in [3.8, 4) is 0 Å². The van der Waals surface area contributed by atoms with Crippen molar-refractivity contribution in [3.63, 3.8) is 0 Å². The number of carbonyl (C=O) groups excluding carboxylic acids is 1. The van der Waals surface area contributed by atoms with Gasteiger partial charge in [-0.1, -0.05) is 13.0 Å². The van der Waals surface area contributed by atoms with E-state index in [1.54, 1.807) is 24.0 Å². The van der Waals surface area contributed by atoms with Crippen LogP contribution < -0.4 is 5.32 Å². The molecule has 5 heteroatoms. The summed E-state index contributed by atoms with van der Waals surface area (Å²) in [5.41, 5.74) is 0.982. The predicted molar refractivity (Wildman–Crippen MR) is 76.1 cm³/mol. The zero-order valence-corrected chi connectivity index (χ0v) is 11.9. The molecule has 2 N–H and O–H groups in total. The van der Waals surface area contributed by atoms with Crippen molar-refractivity contribution in [2.45, 2.75) is 32.7 Å². The Morgan fingerprint density at radius 1 is 1.55 bits per heavy atom. The first-order valence-corrected chi connectivity index (χ1v) is 6.97. The fourth-order valence-electron chi connectivity index (χ4n) is 2.65. The number of anilines is 1. The van der Waals surface area contributed by atoms with Gasteiger partial charge in [-0.15, -0.1) is 0 Å². The fraction of sp³-hybridized carbons (Fsp3) is 0.533. The van der Waals surface area contributed by atoms with Crippen LogP contribution in [-0.2, 0) is 0 Å². The molecule has 0 aromatic heterocycles. The van der Waals surface area contributed by atoms with Crippen LogP contribution in [0.1, 0.15) is 25.3 Å². The van der Waals surface area contributed by atoms with Gasteiger partial charge in [-0.3, -0.25) is 0 Å². The second-order valence-corrected chi connectivity index (χ2v) is 5.46. The normalized spacial score (nSPS) is 22.7. The molecule has 1 aromatic rings. The van der Waals surface area contributed by atoms with E-state index in [0.29, 0.717) is 17.8 Å². The average molecular weight is 280 g/mol. The van der Waals surface area contributed by atoms with Gasteiger partial charge in [0, 0.05) is 12.2 Å². The van der Waals surface area contributed by atoms with Gasteiger partial charge < -0.3 is 15.3 Å². The Bertz CT molecular complexity index is 493. The molecule has 2 rings (SSSR count). The number of nitrogens with zero attached hydrogens (tertiary/aromatic N) is 1. The van der Waals surface area contributed by atoms with Gasteiger partial charge in [-0.05, 0) is 43.4 Å². The topological polar surface area (TPSA) is 52.6 Å². The predicted octanol–water partition coefficient (Wildman–Crippen LogP) is 2.76. The van der Waals surface area contributed by atoms with Gasteiger partial charge in [-0.25, -0.2) is 9.18 Å². The Morgan fingerprint density at radius 2 is 2.30 bits per heavy atom. The molecule has 2 amide bonds. The average Bonchev–Trinajstić information content (AvgIpc) is 2.42. The lowest BCUT2D eigenvalue weighted by Crippen LogP contribution is -2.51. The highest BCUT2D eigenvalue weighted by Crippen LogP contribution is 2.24. The minimum atomic E-state index is -0.339. The Balaban J connectivity index is 2.08. The first-order chi connectivity index (χ1) is 9.52. The zero-order valence-electron chi connectivity index (χ0n) is 11.9. The van der Waals surface area contributed by atoms with E-state index in [4.69, 9.17) is 0 Å². The van der Waals surface area contributed by atoms with Crippen molar-refractivity contribution in [2.24, 2.45) is 5.92 Å². The van der Waals surface area contributed by atoms with E-state index in [-0.39, 0.29) is 30.4 Å². The van der Waals surface area contributed by atoms with Crippen LogP contribution in [0.5, 0.6) is 0 Å². The molecule has 1 aromatic carbocycles. The number of likely N-dealkylation sites (tertiary alicyclic amines) is 1. The molecule has 1 aliphatic heterocycles. The Labute approximate surface area is 118 Å². The molecule has 20 heavy (non-hydrogen) atoms. The monoisotopic (exact) mass is 280 g/mol. The van der Waals surface area contributed by atoms with Crippen molar-refractivity contribution in [1.29, 1.82) is 0 Å². The number of nitrogens with one attached hydrogen (secondary N) is 1. The summed E-state index contributed by atoms with van der Waals surface area (Å²) in [6, 6.07) is 4.18. The maximum Gasteiger partial charge on any atom is 0.322 e. The van der Waals surface area contributed by atoms with E-state index in [9.17, 15) is 14.3 Å². The van der Waals surface area contributed by atoms with Gasteiger partial charge in [0.05, 0.1) is 12.6 Å². The molecule has 110 valence electrons. The van der Waals surface area contributed by atoms with Crippen LogP contribution in [0.3, 0.4) is 0 Å². The maximum absolute atomic E-state index is 13.5. The highest BCUT2D eigenvalue weighted by molar-refractivity contribution is 5.89. The highest BCUT2D eigenvalue weighted by Gasteiger charge is 2.31. The number of hydrogen-bond acceptors (Lipinski definition) is 2. The number of urea groups is 1. The number of piperidine rings is 1. The second-order valence-electron chi connectivity index (χ2n) is 5.46. The van der Waals surface area contributed by atoms with Crippen LogP contribution in [0.2, 0.25) is 0 Å². The maximum atomic E-state index is 13.5. The van der Waals surface area contributed by atoms with Crippen molar-refractivity contribution in [2.75, 3.05) is 18.5 Å². The molecular weight excluding hydrogens is 259 g/mol. The number of benzene rings is 1. The Morgan fingerprint density at radius 3 is 2.95 bits per heavy atom. The number of aryl methyl sites for hydroxylation is 1. The third-order valence-electron chi connectivity index (χ3n) is 3.99. The molecule has 4 nitrogen and oxygen atoms in total. The molecule has 1 aliphatic rings. The van der Waals surface area contributed by atoms with Gasteiger partial charge in [0.1, 0.15) is 5.82 Å². The summed E-state index contributed by atoms with van der Waals surface area (Å²) in [7, 11) is 0. The van der Waals surface area contributed by atoms with E-state index in [1.165, 1.54) is 6.07 Å². The molecule has 2 atom stereocenters. The van der Waals surface area contributed by atoms with E-state index in [2.05, 4.69) is 5.32 Å². The zero-order chi connectivity index (χ0) is 14.7. The molecule has 1 fully saturated rings. The summed E-state index contributed by atoms with van der Waals surface area (Å²) >= 11 is 0. The quantitative estimate of drug-likeness (QED) is 0.875. The van der Waals surface area contributed by atoms with Crippen molar-refractivity contribution in [1.82, 2.24) is 4.90 Å². The van der Waals surface area contributed by atoms with Gasteiger partial charge in [0.2, 0.25) is 0 Å². The minimum Gasteiger partial charge on any atom is -0.394 e. The number of amides is 2. The first-order valence-electron chi connectivity index (χ1n) is 6.97. The molecule has 2 unspecified atom stereocenters. The van der Waals surface area contributed by atoms with Crippen molar-refractivity contribution >= 4 is 11.7 Å². The van der Waals surface area contributed by atoms with Crippen LogP contribution in [0.25, 0.3) is 0 Å². The molecule has 1 heterocycles. The summed E-state index contributed by atoms with van der Waals surface area (Å²) in [6.45, 7) is 4.29. The van der Waals surface area contributed by atoms with Crippen LogP contribution in [-0.4, -0.2) is 35.2 Å². The van der Waals surface area contributed by atoms with E-state index < -0.39 is 0 Å². The second kappa shape index (κ2) is 6.22. The van der Waals surface area contributed by atoms with E-state index >= 15 is 0 Å². The number of aliphatic hydroxyl groups excluding tert-OH is 1. The summed E-state index contributed by atoms with van der Waals surface area (Å²) in [5, 5.41) is 12.1. The van der Waals surface area contributed by atoms with Crippen LogP contribution in [0.15, 0.2) is 18.2 Å². The smallest absolute Gasteiger partial charge is 0.322 e. The summed E-state index contributed by atoms with van der Waals surface area (Å²) < 4.78 is 13.5. The third kappa shape index (κ3) is 3.10. The Hall–Kier alpha value is -1.62. The van der Waals surface area contributed by atoms with Crippen molar-refractivity contribution in [3.05, 3.63) is 29.6 Å². The first kappa shape index (κ1) is 14.8. The Kier molecular flexibility index (Phi) is 4.60. The van der Waals surface area contributed by atoms with E-state index in [0.717, 1.165) is 12.8 Å². The van der Waals surface area contributed by atoms with Crippen molar-refractivity contribution < 1.29 is 14.3 Å². The molecule has 0 saturated carbocycles. The lowest BCUT2D eigenvalue weighted by atomic mass is 9.91. The highest BCUT2D eigenvalue weighted by atomic mass is 19.1. The third-order valence-corrected chi connectivity index (χ3v) is 3.99. The van der Waals surface area contributed by atoms with Gasteiger partial charge in [-0.2, -0.15) is 0 Å². The summed E-state index contributed by atoms with van der Waals surface area (Å²) in [4.78, 5) is 13.9. The van der Waals surface area contributed by atoms with Crippen LogP contribution in [0.4, 0.5) is 14.9 Å². The van der Waals surface area contributed by atoms with Crippen LogP contribution in [0, 0.1) is 18.7 Å². The lowest BCUT2D eigenvalue weighted by Gasteiger charge is -2.38. The molecule has 1 saturated heterocycles. The van der Waals surface area contributed by atoms with E-state index in [1.807, 2.05) is 6.92 Å². The lowest BCUT2D eigenvalue weighted by molar-refractivity contribution is 0.0811. The molecule has 0 radical (unpaired) electrons. The number of halogens is 1.